The van der Waals surface area contributed by atoms with Gasteiger partial charge in [0.1, 0.15) is 0 Å². The van der Waals surface area contributed by atoms with Crippen molar-refractivity contribution >= 4 is 0 Å². The van der Waals surface area contributed by atoms with E-state index in [0.29, 0.717) is 6.61 Å². The van der Waals surface area contributed by atoms with E-state index < -0.39 is 0 Å². The second-order valence-corrected chi connectivity index (χ2v) is 5.65. The van der Waals surface area contributed by atoms with E-state index in [1.807, 2.05) is 6.08 Å². The van der Waals surface area contributed by atoms with Crippen molar-refractivity contribution < 1.29 is 4.74 Å². The molecule has 0 bridgehead atoms. The van der Waals surface area contributed by atoms with Gasteiger partial charge in [-0.05, 0) is 48.9 Å². The molecule has 0 aliphatic heterocycles. The molecule has 1 nitrogen and oxygen atoms in total. The van der Waals surface area contributed by atoms with Crippen LogP contribution in [0.1, 0.15) is 39.5 Å². The van der Waals surface area contributed by atoms with E-state index in [1.165, 1.54) is 25.7 Å². The Bertz CT molecular complexity index is 233. The zero-order valence-corrected chi connectivity index (χ0v) is 10.2. The zero-order valence-electron chi connectivity index (χ0n) is 10.2. The highest BCUT2D eigenvalue weighted by molar-refractivity contribution is 5.11. The molecule has 0 radical (unpaired) electrons. The number of rotatable bonds is 6. The molecule has 3 atom stereocenters. The number of hydrogen-bond acceptors (Lipinski definition) is 1. The van der Waals surface area contributed by atoms with E-state index in [2.05, 4.69) is 20.4 Å². The minimum Gasteiger partial charge on any atom is -0.377 e. The van der Waals surface area contributed by atoms with Crippen molar-refractivity contribution in [3.05, 3.63) is 12.7 Å². The lowest BCUT2D eigenvalue weighted by molar-refractivity contribution is 0.142. The predicted molar refractivity (Wildman–Crippen MR) is 63.7 cm³/mol. The van der Waals surface area contributed by atoms with Gasteiger partial charge in [0.15, 0.2) is 0 Å². The summed E-state index contributed by atoms with van der Waals surface area (Å²) < 4.78 is 5.49. The van der Waals surface area contributed by atoms with Gasteiger partial charge in [0.25, 0.3) is 0 Å². The van der Waals surface area contributed by atoms with Gasteiger partial charge in [0.2, 0.25) is 0 Å². The van der Waals surface area contributed by atoms with E-state index in [0.717, 1.165) is 29.8 Å². The summed E-state index contributed by atoms with van der Waals surface area (Å²) in [6, 6.07) is 0. The Morgan fingerprint density at radius 2 is 2.33 bits per heavy atom. The minimum atomic E-state index is 0.715. The summed E-state index contributed by atoms with van der Waals surface area (Å²) in [5.41, 5.74) is 0.753. The summed E-state index contributed by atoms with van der Waals surface area (Å²) in [7, 11) is 0. The first kappa shape index (κ1) is 11.2. The maximum Gasteiger partial charge on any atom is 0.0644 e. The first-order chi connectivity index (χ1) is 7.20. The van der Waals surface area contributed by atoms with Crippen LogP contribution < -0.4 is 0 Å². The van der Waals surface area contributed by atoms with Gasteiger partial charge in [-0.15, -0.1) is 6.58 Å². The molecule has 0 aromatic rings. The fourth-order valence-corrected chi connectivity index (χ4v) is 3.63. The normalized spacial score (nSPS) is 38.1. The Hall–Kier alpha value is -0.300. The molecule has 0 heterocycles. The molecule has 0 amide bonds. The Morgan fingerprint density at radius 1 is 1.53 bits per heavy atom. The summed E-state index contributed by atoms with van der Waals surface area (Å²) in [5.74, 6) is 2.88. The Morgan fingerprint density at radius 3 is 2.87 bits per heavy atom. The van der Waals surface area contributed by atoms with Gasteiger partial charge >= 0.3 is 0 Å². The second-order valence-electron chi connectivity index (χ2n) is 5.65. The van der Waals surface area contributed by atoms with Crippen molar-refractivity contribution in [1.29, 1.82) is 0 Å². The van der Waals surface area contributed by atoms with Gasteiger partial charge in [0.05, 0.1) is 6.61 Å². The standard InChI is InChI=1S/C14H24O/c1-4-8-15-9-6-12-5-7-14(11(2)3)10-13(12)14/h4,11-13H,1,5-10H2,2-3H3. The Balaban J connectivity index is 1.72. The molecule has 2 saturated carbocycles. The molecule has 2 aliphatic carbocycles. The molecule has 15 heavy (non-hydrogen) atoms. The summed E-state index contributed by atoms with van der Waals surface area (Å²) >= 11 is 0. The van der Waals surface area contributed by atoms with E-state index in [4.69, 9.17) is 4.74 Å². The van der Waals surface area contributed by atoms with Gasteiger partial charge < -0.3 is 4.74 Å². The molecule has 2 fully saturated rings. The average molecular weight is 208 g/mol. The van der Waals surface area contributed by atoms with E-state index in [1.54, 1.807) is 0 Å². The van der Waals surface area contributed by atoms with Crippen LogP contribution in [0.15, 0.2) is 12.7 Å². The Labute approximate surface area is 93.9 Å². The van der Waals surface area contributed by atoms with Crippen LogP contribution in [-0.2, 0) is 4.74 Å². The van der Waals surface area contributed by atoms with Crippen LogP contribution >= 0.6 is 0 Å². The third-order valence-electron chi connectivity index (χ3n) is 4.75. The molecule has 0 aromatic carbocycles. The van der Waals surface area contributed by atoms with Crippen molar-refractivity contribution in [2.75, 3.05) is 13.2 Å². The van der Waals surface area contributed by atoms with E-state index in [9.17, 15) is 0 Å². The molecule has 2 aliphatic rings. The van der Waals surface area contributed by atoms with Crippen molar-refractivity contribution in [3.8, 4) is 0 Å². The smallest absolute Gasteiger partial charge is 0.0644 e. The summed E-state index contributed by atoms with van der Waals surface area (Å²) in [5, 5.41) is 0. The third-order valence-corrected chi connectivity index (χ3v) is 4.75. The molecular formula is C14H24O. The van der Waals surface area contributed by atoms with E-state index >= 15 is 0 Å². The van der Waals surface area contributed by atoms with Crippen molar-refractivity contribution in [2.24, 2.45) is 23.2 Å². The van der Waals surface area contributed by atoms with Crippen LogP contribution in [0.25, 0.3) is 0 Å². The van der Waals surface area contributed by atoms with Gasteiger partial charge in [-0.25, -0.2) is 0 Å². The average Bonchev–Trinajstić information content (AvgIpc) is 2.85. The molecule has 0 N–H and O–H groups in total. The number of ether oxygens (including phenoxy) is 1. The highest BCUT2D eigenvalue weighted by Gasteiger charge is 2.62. The largest absolute Gasteiger partial charge is 0.377 e. The zero-order chi connectivity index (χ0) is 10.9. The van der Waals surface area contributed by atoms with Crippen molar-refractivity contribution in [2.45, 2.75) is 39.5 Å². The lowest BCUT2D eigenvalue weighted by Gasteiger charge is -2.15. The van der Waals surface area contributed by atoms with Gasteiger partial charge in [-0.1, -0.05) is 19.9 Å². The molecule has 0 saturated heterocycles. The quantitative estimate of drug-likeness (QED) is 0.478. The van der Waals surface area contributed by atoms with Crippen LogP contribution in [0.3, 0.4) is 0 Å². The predicted octanol–water partition coefficient (Wildman–Crippen LogP) is 3.65. The second kappa shape index (κ2) is 4.29. The molecule has 86 valence electrons. The van der Waals surface area contributed by atoms with Crippen LogP contribution in [0.5, 0.6) is 0 Å². The fourth-order valence-electron chi connectivity index (χ4n) is 3.63. The van der Waals surface area contributed by atoms with Gasteiger partial charge in [-0.2, -0.15) is 0 Å². The Kier molecular flexibility index (Phi) is 3.20. The minimum absolute atomic E-state index is 0.715. The highest BCUT2D eigenvalue weighted by Crippen LogP contribution is 2.70. The summed E-state index contributed by atoms with van der Waals surface area (Å²) in [6.45, 7) is 10.1. The number of fused-ring (bicyclic) bond motifs is 1. The van der Waals surface area contributed by atoms with Crippen LogP contribution in [-0.4, -0.2) is 13.2 Å². The summed E-state index contributed by atoms with van der Waals surface area (Å²) in [6.07, 6.45) is 7.52. The SMILES string of the molecule is C=CCOCCC1CCC2(C(C)C)CC12. The maximum atomic E-state index is 5.49. The third kappa shape index (κ3) is 1.99. The topological polar surface area (TPSA) is 9.23 Å². The molecule has 3 unspecified atom stereocenters. The van der Waals surface area contributed by atoms with Crippen molar-refractivity contribution in [3.63, 3.8) is 0 Å². The van der Waals surface area contributed by atoms with Crippen LogP contribution in [0.2, 0.25) is 0 Å². The van der Waals surface area contributed by atoms with Gasteiger partial charge in [0, 0.05) is 6.61 Å². The first-order valence-electron chi connectivity index (χ1n) is 6.39. The molecule has 0 spiro atoms. The highest BCUT2D eigenvalue weighted by atomic mass is 16.5. The number of hydrogen-bond donors (Lipinski definition) is 0. The molecule has 1 heteroatoms. The monoisotopic (exact) mass is 208 g/mol. The molecule has 0 aromatic heterocycles. The first-order valence-corrected chi connectivity index (χ1v) is 6.39. The fraction of sp³-hybridized carbons (Fsp3) is 0.857. The van der Waals surface area contributed by atoms with Crippen LogP contribution in [0, 0.1) is 23.2 Å². The van der Waals surface area contributed by atoms with Crippen LogP contribution in [0.4, 0.5) is 0 Å². The maximum absolute atomic E-state index is 5.49. The lowest BCUT2D eigenvalue weighted by atomic mass is 9.90. The molecule has 2 rings (SSSR count). The lowest BCUT2D eigenvalue weighted by Crippen LogP contribution is -2.08. The van der Waals surface area contributed by atoms with E-state index in [-0.39, 0.29) is 0 Å². The van der Waals surface area contributed by atoms with Gasteiger partial charge in [-0.3, -0.25) is 0 Å². The van der Waals surface area contributed by atoms with Crippen molar-refractivity contribution in [1.82, 2.24) is 0 Å². The summed E-state index contributed by atoms with van der Waals surface area (Å²) in [4.78, 5) is 0. The molecular weight excluding hydrogens is 184 g/mol.